The zero-order valence-corrected chi connectivity index (χ0v) is 44.1. The summed E-state index contributed by atoms with van der Waals surface area (Å²) in [6, 6.07) is 0. The van der Waals surface area contributed by atoms with Crippen LogP contribution in [0.2, 0.25) is 0 Å². The van der Waals surface area contributed by atoms with Gasteiger partial charge in [0.2, 0.25) is 0 Å². The molecule has 8 nitrogen and oxygen atoms in total. The van der Waals surface area contributed by atoms with E-state index in [-0.39, 0.29) is 25.8 Å². The Hall–Kier alpha value is -1.80. The van der Waals surface area contributed by atoms with Crippen molar-refractivity contribution in [3.05, 3.63) is 60.8 Å². The Morgan fingerprint density at radius 1 is 0.477 bits per heavy atom. The Bertz CT molecular complexity index is 1220. The van der Waals surface area contributed by atoms with Gasteiger partial charge in [-0.25, -0.2) is 0 Å². The smallest absolute Gasteiger partial charge is 0.306 e. The highest BCUT2D eigenvalue weighted by Crippen LogP contribution is 2.38. The first-order valence-corrected chi connectivity index (χ1v) is 28.5. The minimum Gasteiger partial charge on any atom is -0.756 e. The van der Waals surface area contributed by atoms with Crippen LogP contribution in [-0.2, 0) is 27.9 Å². The van der Waals surface area contributed by atoms with Gasteiger partial charge in [0.1, 0.15) is 19.3 Å². The Balaban J connectivity index is 4.13. The van der Waals surface area contributed by atoms with Gasteiger partial charge in [0.25, 0.3) is 7.82 Å². The molecule has 0 amide bonds. The van der Waals surface area contributed by atoms with E-state index >= 15 is 0 Å². The van der Waals surface area contributed by atoms with Gasteiger partial charge in [-0.1, -0.05) is 203 Å². The van der Waals surface area contributed by atoms with Crippen molar-refractivity contribution in [2.24, 2.45) is 0 Å². The number of hydrogen-bond acceptors (Lipinski definition) is 7. The summed E-state index contributed by atoms with van der Waals surface area (Å²) in [5.41, 5.74) is 0. The summed E-state index contributed by atoms with van der Waals surface area (Å²) >= 11 is 0. The molecule has 0 radical (unpaired) electrons. The van der Waals surface area contributed by atoms with E-state index in [1.165, 1.54) is 148 Å². The summed E-state index contributed by atoms with van der Waals surface area (Å²) in [5.74, 6) is -0.346. The predicted octanol–water partition coefficient (Wildman–Crippen LogP) is 16.2. The van der Waals surface area contributed by atoms with Crippen LogP contribution in [0.15, 0.2) is 60.8 Å². The normalized spacial score (nSPS) is 14.0. The summed E-state index contributed by atoms with van der Waals surface area (Å²) in [6.07, 6.45) is 62.5. The Labute approximate surface area is 402 Å². The third kappa shape index (κ3) is 53.0. The van der Waals surface area contributed by atoms with E-state index in [1.807, 2.05) is 21.1 Å². The van der Waals surface area contributed by atoms with E-state index < -0.39 is 13.9 Å². The van der Waals surface area contributed by atoms with Crippen LogP contribution in [0.4, 0.5) is 0 Å². The first-order chi connectivity index (χ1) is 31.6. The van der Waals surface area contributed by atoms with E-state index in [4.69, 9.17) is 18.5 Å². The van der Waals surface area contributed by atoms with Gasteiger partial charge in [-0.3, -0.25) is 9.36 Å². The van der Waals surface area contributed by atoms with Crippen LogP contribution < -0.4 is 4.89 Å². The Morgan fingerprint density at radius 3 is 1.29 bits per heavy atom. The Morgan fingerprint density at radius 2 is 0.846 bits per heavy atom. The molecule has 0 fully saturated rings. The number of quaternary nitrogens is 1. The molecule has 0 saturated carbocycles. The van der Waals surface area contributed by atoms with Crippen molar-refractivity contribution in [2.45, 2.75) is 238 Å². The van der Waals surface area contributed by atoms with E-state index in [1.54, 1.807) is 0 Å². The molecule has 0 rings (SSSR count). The van der Waals surface area contributed by atoms with E-state index in [2.05, 4.69) is 74.6 Å². The standard InChI is InChI=1S/C56H104NO7P/c1-6-8-10-12-14-16-18-20-22-24-26-27-28-29-30-32-34-36-38-40-42-44-46-48-51-61-53-55(54-63-65(59,60)62-52-50-57(3,4)5)64-56(58)49-47-45-43-41-39-37-35-33-31-25-23-21-19-17-15-13-11-9-7-2/h15,17-18,20-21,23-24,26,31,33,55H,6-14,16,19,22,25,27-30,32,34-54H2,1-5H3/b17-15-,20-18-,23-21-,26-24-,33-31-. The number of phosphoric ester groups is 1. The maximum absolute atomic E-state index is 12.8. The number of carbonyl (C=O) groups is 1. The zero-order chi connectivity index (χ0) is 47.6. The number of unbranched alkanes of at least 4 members (excludes halogenated alkanes) is 26. The number of phosphoric acid groups is 1. The van der Waals surface area contributed by atoms with Crippen molar-refractivity contribution in [3.8, 4) is 0 Å². The Kier molecular flexibility index (Phi) is 47.3. The first kappa shape index (κ1) is 63.2. The summed E-state index contributed by atoms with van der Waals surface area (Å²) in [4.78, 5) is 25.2. The number of likely N-dealkylation sites (N-methyl/N-ethyl adjacent to an activating group) is 1. The second kappa shape index (κ2) is 48.6. The van der Waals surface area contributed by atoms with Gasteiger partial charge in [0.15, 0.2) is 0 Å². The minimum absolute atomic E-state index is 0.0212. The molecule has 0 heterocycles. The third-order valence-electron chi connectivity index (χ3n) is 11.5. The van der Waals surface area contributed by atoms with Crippen molar-refractivity contribution in [3.63, 3.8) is 0 Å². The molecular formula is C56H104NO7P. The van der Waals surface area contributed by atoms with Crippen LogP contribution in [0.5, 0.6) is 0 Å². The van der Waals surface area contributed by atoms with Gasteiger partial charge in [0, 0.05) is 13.0 Å². The van der Waals surface area contributed by atoms with E-state index in [0.29, 0.717) is 24.1 Å². The van der Waals surface area contributed by atoms with Crippen LogP contribution in [0.1, 0.15) is 232 Å². The molecule has 0 saturated heterocycles. The highest BCUT2D eigenvalue weighted by Gasteiger charge is 2.20. The van der Waals surface area contributed by atoms with Gasteiger partial charge in [-0.15, -0.1) is 0 Å². The fourth-order valence-electron chi connectivity index (χ4n) is 7.35. The second-order valence-corrected chi connectivity index (χ2v) is 20.6. The van der Waals surface area contributed by atoms with Gasteiger partial charge >= 0.3 is 5.97 Å². The highest BCUT2D eigenvalue weighted by atomic mass is 31.2. The summed E-state index contributed by atoms with van der Waals surface area (Å²) in [6.45, 7) is 5.37. The van der Waals surface area contributed by atoms with Crippen LogP contribution >= 0.6 is 7.82 Å². The van der Waals surface area contributed by atoms with Gasteiger partial charge in [0.05, 0.1) is 34.4 Å². The molecule has 2 atom stereocenters. The molecule has 0 spiro atoms. The average molecular weight is 934 g/mol. The fraction of sp³-hybridized carbons (Fsp3) is 0.804. The van der Waals surface area contributed by atoms with Crippen LogP contribution in [-0.4, -0.2) is 70.7 Å². The lowest BCUT2D eigenvalue weighted by atomic mass is 10.0. The lowest BCUT2D eigenvalue weighted by Crippen LogP contribution is -2.37. The van der Waals surface area contributed by atoms with Crippen molar-refractivity contribution in [1.29, 1.82) is 0 Å². The number of nitrogens with zero attached hydrogens (tertiary/aromatic N) is 1. The third-order valence-corrected chi connectivity index (χ3v) is 12.5. The van der Waals surface area contributed by atoms with Crippen molar-refractivity contribution >= 4 is 13.8 Å². The van der Waals surface area contributed by atoms with Crippen molar-refractivity contribution in [1.82, 2.24) is 0 Å². The lowest BCUT2D eigenvalue weighted by molar-refractivity contribution is -0.870. The summed E-state index contributed by atoms with van der Waals surface area (Å²) in [7, 11) is 1.34. The maximum atomic E-state index is 12.8. The van der Waals surface area contributed by atoms with Crippen LogP contribution in [0, 0.1) is 0 Å². The number of esters is 1. The monoisotopic (exact) mass is 934 g/mol. The molecule has 0 bridgehead atoms. The second-order valence-electron chi connectivity index (χ2n) is 19.2. The van der Waals surface area contributed by atoms with Gasteiger partial charge in [-0.2, -0.15) is 0 Å². The summed E-state index contributed by atoms with van der Waals surface area (Å²) < 4.78 is 34.8. The van der Waals surface area contributed by atoms with Crippen LogP contribution in [0.25, 0.3) is 0 Å². The maximum Gasteiger partial charge on any atom is 0.306 e. The molecule has 9 heteroatoms. The van der Waals surface area contributed by atoms with Gasteiger partial charge < -0.3 is 27.9 Å². The number of ether oxygens (including phenoxy) is 2. The quantitative estimate of drug-likeness (QED) is 0.0197. The fourth-order valence-corrected chi connectivity index (χ4v) is 8.08. The SMILES string of the molecule is CCCCC/C=C\C/C=C\C/C=C\CCCCCCCCC(=O)OC(COCCCCCCCCCCCCCC/C=C\C/C=C\CCCCCCC)COP(=O)([O-])OCC[N+](C)(C)C. The molecular weight excluding hydrogens is 830 g/mol. The lowest BCUT2D eigenvalue weighted by Gasteiger charge is -2.28. The molecule has 380 valence electrons. The minimum atomic E-state index is -4.54. The highest BCUT2D eigenvalue weighted by molar-refractivity contribution is 7.45. The number of allylic oxidation sites excluding steroid dienone is 10. The topological polar surface area (TPSA) is 94.1 Å². The molecule has 0 aliphatic carbocycles. The molecule has 0 aliphatic rings. The molecule has 0 aromatic heterocycles. The van der Waals surface area contributed by atoms with E-state index in [9.17, 15) is 14.3 Å². The molecule has 2 unspecified atom stereocenters. The summed E-state index contributed by atoms with van der Waals surface area (Å²) in [5, 5.41) is 0. The molecule has 0 aliphatic heterocycles. The number of hydrogen-bond donors (Lipinski definition) is 0. The average Bonchev–Trinajstić information content (AvgIpc) is 3.27. The van der Waals surface area contributed by atoms with Crippen molar-refractivity contribution < 1.29 is 37.3 Å². The number of carbonyl (C=O) groups excluding carboxylic acids is 1. The molecule has 0 aromatic carbocycles. The van der Waals surface area contributed by atoms with Crippen molar-refractivity contribution in [2.75, 3.05) is 54.1 Å². The predicted molar refractivity (Wildman–Crippen MR) is 277 cm³/mol. The van der Waals surface area contributed by atoms with Gasteiger partial charge in [-0.05, 0) is 83.5 Å². The first-order valence-electron chi connectivity index (χ1n) is 27.0. The largest absolute Gasteiger partial charge is 0.756 e. The molecule has 65 heavy (non-hydrogen) atoms. The van der Waals surface area contributed by atoms with Crippen LogP contribution in [0.3, 0.4) is 0 Å². The molecule has 0 N–H and O–H groups in total. The number of rotatable bonds is 50. The van der Waals surface area contributed by atoms with E-state index in [0.717, 1.165) is 64.2 Å². The zero-order valence-electron chi connectivity index (χ0n) is 43.2. The molecule has 0 aromatic rings.